The van der Waals surface area contributed by atoms with Gasteiger partial charge >= 0.3 is 0 Å². The van der Waals surface area contributed by atoms with Crippen LogP contribution in [0.15, 0.2) is 24.3 Å². The zero-order chi connectivity index (χ0) is 10.9. The molecule has 0 spiro atoms. The van der Waals surface area contributed by atoms with Crippen molar-refractivity contribution in [1.29, 1.82) is 0 Å². The molecule has 1 aromatic rings. The highest BCUT2D eigenvalue weighted by Crippen LogP contribution is 2.37. The number of alkyl halides is 2. The maximum atomic E-state index is 13.5. The van der Waals surface area contributed by atoms with E-state index in [0.717, 1.165) is 0 Å². The molecular formula is C11H12F3N. The Hall–Kier alpha value is -1.03. The number of nitrogens with one attached hydrogen (secondary N) is 1. The maximum absolute atomic E-state index is 13.5. The molecule has 2 rings (SSSR count). The molecule has 1 aromatic carbocycles. The van der Waals surface area contributed by atoms with E-state index in [2.05, 4.69) is 5.32 Å². The lowest BCUT2D eigenvalue weighted by molar-refractivity contribution is -0.0420. The second kappa shape index (κ2) is 3.85. The summed E-state index contributed by atoms with van der Waals surface area (Å²) >= 11 is 0. The third kappa shape index (κ3) is 2.15. The summed E-state index contributed by atoms with van der Waals surface area (Å²) in [6, 6.07) is 5.50. The molecule has 1 nitrogen and oxygen atoms in total. The van der Waals surface area contributed by atoms with Gasteiger partial charge in [-0.2, -0.15) is 0 Å². The molecule has 82 valence electrons. The van der Waals surface area contributed by atoms with Gasteiger partial charge in [0.25, 0.3) is 5.92 Å². The average Bonchev–Trinajstić information content (AvgIpc) is 2.17. The van der Waals surface area contributed by atoms with Gasteiger partial charge in [0.15, 0.2) is 0 Å². The number of halogens is 3. The van der Waals surface area contributed by atoms with Gasteiger partial charge in [0.05, 0.1) is 12.5 Å². The lowest BCUT2D eigenvalue weighted by Crippen LogP contribution is -2.44. The first-order valence-electron chi connectivity index (χ1n) is 4.93. The van der Waals surface area contributed by atoms with Crippen LogP contribution in [-0.2, 0) is 0 Å². The van der Waals surface area contributed by atoms with Crippen LogP contribution in [0.25, 0.3) is 0 Å². The quantitative estimate of drug-likeness (QED) is 0.759. The third-order valence-corrected chi connectivity index (χ3v) is 2.73. The van der Waals surface area contributed by atoms with E-state index in [1.165, 1.54) is 18.2 Å². The zero-order valence-electron chi connectivity index (χ0n) is 8.14. The van der Waals surface area contributed by atoms with Gasteiger partial charge in [-0.25, -0.2) is 13.2 Å². The summed E-state index contributed by atoms with van der Waals surface area (Å²) in [5.41, 5.74) is 0.390. The monoisotopic (exact) mass is 215 g/mol. The first-order chi connectivity index (χ1) is 7.09. The summed E-state index contributed by atoms with van der Waals surface area (Å²) in [6.07, 6.45) is 0.344. The van der Waals surface area contributed by atoms with Gasteiger partial charge in [-0.3, -0.25) is 0 Å². The Balaban J connectivity index is 2.29. The number of hydrogen-bond acceptors (Lipinski definition) is 1. The molecule has 1 aliphatic rings. The number of piperidine rings is 1. The van der Waals surface area contributed by atoms with Gasteiger partial charge in [-0.15, -0.1) is 0 Å². The molecule has 15 heavy (non-hydrogen) atoms. The van der Waals surface area contributed by atoms with Crippen LogP contribution in [0.4, 0.5) is 13.2 Å². The van der Waals surface area contributed by atoms with E-state index in [4.69, 9.17) is 0 Å². The van der Waals surface area contributed by atoms with E-state index >= 15 is 0 Å². The van der Waals surface area contributed by atoms with E-state index < -0.39 is 17.7 Å². The normalized spacial score (nSPS) is 25.1. The Bertz CT molecular complexity index is 351. The largest absolute Gasteiger partial charge is 0.311 e. The fraction of sp³-hybridized carbons (Fsp3) is 0.455. The Kier molecular flexibility index (Phi) is 2.69. The van der Waals surface area contributed by atoms with Gasteiger partial charge in [0.2, 0.25) is 0 Å². The lowest BCUT2D eigenvalue weighted by atomic mass is 9.87. The van der Waals surface area contributed by atoms with Crippen molar-refractivity contribution < 1.29 is 13.2 Å². The first-order valence-corrected chi connectivity index (χ1v) is 4.93. The first kappa shape index (κ1) is 10.5. The van der Waals surface area contributed by atoms with Crippen molar-refractivity contribution in [1.82, 2.24) is 5.32 Å². The molecule has 1 atom stereocenters. The van der Waals surface area contributed by atoms with Crippen molar-refractivity contribution in [3.8, 4) is 0 Å². The minimum Gasteiger partial charge on any atom is -0.311 e. The van der Waals surface area contributed by atoms with Crippen LogP contribution in [0.2, 0.25) is 0 Å². The Morgan fingerprint density at radius 3 is 2.80 bits per heavy atom. The molecule has 1 N–H and O–H groups in total. The van der Waals surface area contributed by atoms with Crippen LogP contribution in [-0.4, -0.2) is 19.0 Å². The van der Waals surface area contributed by atoms with Gasteiger partial charge in [0.1, 0.15) is 5.82 Å². The fourth-order valence-corrected chi connectivity index (χ4v) is 1.97. The van der Waals surface area contributed by atoms with E-state index in [1.807, 2.05) is 0 Å². The zero-order valence-corrected chi connectivity index (χ0v) is 8.14. The van der Waals surface area contributed by atoms with Gasteiger partial charge < -0.3 is 5.32 Å². The minimum atomic E-state index is -2.79. The smallest absolute Gasteiger partial charge is 0.267 e. The van der Waals surface area contributed by atoms with Crippen molar-refractivity contribution in [2.75, 3.05) is 13.1 Å². The summed E-state index contributed by atoms with van der Waals surface area (Å²) in [5, 5.41) is 2.65. The Labute approximate surface area is 86.3 Å². The number of hydrogen-bond donors (Lipinski definition) is 1. The highest BCUT2D eigenvalue weighted by molar-refractivity contribution is 5.23. The standard InChI is InChI=1S/C11H12F3N/c12-9-3-1-2-8(6-9)10-4-5-15-7-11(10,13)14/h1-3,6,10,15H,4-5,7H2. The molecular weight excluding hydrogens is 203 g/mol. The predicted octanol–water partition coefficient (Wildman–Crippen LogP) is 2.54. The van der Waals surface area contributed by atoms with Gasteiger partial charge in [-0.1, -0.05) is 12.1 Å². The second-order valence-electron chi connectivity index (χ2n) is 3.83. The van der Waals surface area contributed by atoms with Crippen LogP contribution in [0, 0.1) is 5.82 Å². The molecule has 1 heterocycles. The molecule has 1 saturated heterocycles. The number of benzene rings is 1. The fourth-order valence-electron chi connectivity index (χ4n) is 1.97. The van der Waals surface area contributed by atoms with Crippen molar-refractivity contribution in [3.05, 3.63) is 35.6 Å². The van der Waals surface area contributed by atoms with E-state index in [0.29, 0.717) is 18.5 Å². The van der Waals surface area contributed by atoms with Crippen molar-refractivity contribution in [2.24, 2.45) is 0 Å². The highest BCUT2D eigenvalue weighted by Gasteiger charge is 2.42. The average molecular weight is 215 g/mol. The van der Waals surface area contributed by atoms with E-state index in [-0.39, 0.29) is 6.54 Å². The predicted molar refractivity (Wildman–Crippen MR) is 51.6 cm³/mol. The van der Waals surface area contributed by atoms with Gasteiger partial charge in [0, 0.05) is 0 Å². The van der Waals surface area contributed by atoms with Crippen LogP contribution >= 0.6 is 0 Å². The molecule has 0 bridgehead atoms. The summed E-state index contributed by atoms with van der Waals surface area (Å²) in [6.45, 7) is 0.227. The molecule has 0 saturated carbocycles. The van der Waals surface area contributed by atoms with Crippen LogP contribution in [0.5, 0.6) is 0 Å². The molecule has 1 fully saturated rings. The van der Waals surface area contributed by atoms with E-state index in [1.54, 1.807) is 6.07 Å². The second-order valence-corrected chi connectivity index (χ2v) is 3.83. The molecule has 0 radical (unpaired) electrons. The van der Waals surface area contributed by atoms with Crippen molar-refractivity contribution in [2.45, 2.75) is 18.3 Å². The minimum absolute atomic E-state index is 0.325. The van der Waals surface area contributed by atoms with Crippen LogP contribution in [0.3, 0.4) is 0 Å². The number of rotatable bonds is 1. The Morgan fingerprint density at radius 2 is 2.13 bits per heavy atom. The van der Waals surface area contributed by atoms with Crippen molar-refractivity contribution in [3.63, 3.8) is 0 Å². The van der Waals surface area contributed by atoms with E-state index in [9.17, 15) is 13.2 Å². The molecule has 1 unspecified atom stereocenters. The van der Waals surface area contributed by atoms with Crippen molar-refractivity contribution >= 4 is 0 Å². The SMILES string of the molecule is Fc1cccc(C2CCNCC2(F)F)c1. The van der Waals surface area contributed by atoms with Crippen LogP contribution < -0.4 is 5.32 Å². The molecule has 1 aliphatic heterocycles. The Morgan fingerprint density at radius 1 is 1.33 bits per heavy atom. The summed E-state index contributed by atoms with van der Waals surface area (Å²) in [7, 11) is 0. The van der Waals surface area contributed by atoms with Crippen LogP contribution in [0.1, 0.15) is 17.9 Å². The summed E-state index contributed by atoms with van der Waals surface area (Å²) in [4.78, 5) is 0. The molecule has 0 aromatic heterocycles. The lowest BCUT2D eigenvalue weighted by Gasteiger charge is -2.32. The third-order valence-electron chi connectivity index (χ3n) is 2.73. The molecule has 4 heteroatoms. The topological polar surface area (TPSA) is 12.0 Å². The summed E-state index contributed by atoms with van der Waals surface area (Å²) in [5.74, 6) is -4.11. The van der Waals surface area contributed by atoms with Gasteiger partial charge in [-0.05, 0) is 30.7 Å². The highest BCUT2D eigenvalue weighted by atomic mass is 19.3. The summed E-state index contributed by atoms with van der Waals surface area (Å²) < 4.78 is 39.9. The molecule has 0 amide bonds. The maximum Gasteiger partial charge on any atom is 0.267 e. The molecule has 0 aliphatic carbocycles.